The number of nitrogens with one attached hydrogen (secondary N) is 2. The second-order valence-corrected chi connectivity index (χ2v) is 8.24. The van der Waals surface area contributed by atoms with Gasteiger partial charge in [0.15, 0.2) is 0 Å². The summed E-state index contributed by atoms with van der Waals surface area (Å²) in [6.07, 6.45) is -1.12. The lowest BCUT2D eigenvalue weighted by atomic mass is 10.2. The lowest BCUT2D eigenvalue weighted by Crippen LogP contribution is -2.51. The van der Waals surface area contributed by atoms with E-state index in [1.165, 1.54) is 0 Å². The van der Waals surface area contributed by atoms with Gasteiger partial charge in [0, 0.05) is 19.1 Å². The van der Waals surface area contributed by atoms with E-state index in [9.17, 15) is 31.2 Å². The summed E-state index contributed by atoms with van der Waals surface area (Å²) in [5.41, 5.74) is 0. The van der Waals surface area contributed by atoms with Gasteiger partial charge in [0.1, 0.15) is 6.04 Å². The highest BCUT2D eigenvalue weighted by molar-refractivity contribution is 7.89. The van der Waals surface area contributed by atoms with Crippen molar-refractivity contribution in [1.29, 1.82) is 0 Å². The highest BCUT2D eigenvalue weighted by atomic mass is 32.2. The summed E-state index contributed by atoms with van der Waals surface area (Å²) in [4.78, 5) is 23.9. The van der Waals surface area contributed by atoms with Gasteiger partial charge in [-0.2, -0.15) is 13.2 Å². The summed E-state index contributed by atoms with van der Waals surface area (Å²) < 4.78 is 64.0. The van der Waals surface area contributed by atoms with Crippen molar-refractivity contribution in [2.75, 3.05) is 18.8 Å². The molecule has 1 unspecified atom stereocenters. The summed E-state index contributed by atoms with van der Waals surface area (Å²) in [5.74, 6) is -3.15. The van der Waals surface area contributed by atoms with Crippen molar-refractivity contribution in [2.45, 2.75) is 56.8 Å². The van der Waals surface area contributed by atoms with Crippen LogP contribution in [-0.2, 0) is 19.6 Å². The van der Waals surface area contributed by atoms with Gasteiger partial charge in [0.05, 0.1) is 5.75 Å². The van der Waals surface area contributed by atoms with Crippen LogP contribution in [0.5, 0.6) is 0 Å². The highest BCUT2D eigenvalue weighted by Crippen LogP contribution is 2.25. The largest absolute Gasteiger partial charge is 0.471 e. The molecule has 0 radical (unpaired) electrons. The summed E-state index contributed by atoms with van der Waals surface area (Å²) >= 11 is 0. The smallest absolute Gasteiger partial charge is 0.353 e. The number of rotatable bonds is 6. The van der Waals surface area contributed by atoms with Crippen LogP contribution in [0.2, 0.25) is 0 Å². The zero-order chi connectivity index (χ0) is 18.7. The third-order valence-electron chi connectivity index (χ3n) is 4.43. The molecule has 7 nitrogen and oxygen atoms in total. The summed E-state index contributed by atoms with van der Waals surface area (Å²) in [6.45, 7) is -0.358. The van der Waals surface area contributed by atoms with E-state index in [0.29, 0.717) is 11.3 Å². The van der Waals surface area contributed by atoms with Crippen molar-refractivity contribution < 1.29 is 31.2 Å². The quantitative estimate of drug-likeness (QED) is 0.697. The molecule has 0 aromatic rings. The molecule has 2 aliphatic rings. The van der Waals surface area contributed by atoms with Gasteiger partial charge in [-0.1, -0.05) is 12.8 Å². The van der Waals surface area contributed by atoms with Crippen molar-refractivity contribution in [1.82, 2.24) is 14.9 Å². The lowest BCUT2D eigenvalue weighted by Gasteiger charge is -2.24. The fraction of sp³-hybridized carbons (Fsp3) is 0.857. The Labute approximate surface area is 144 Å². The minimum atomic E-state index is -5.03. The minimum Gasteiger partial charge on any atom is -0.353 e. The van der Waals surface area contributed by atoms with Crippen molar-refractivity contribution in [3.05, 3.63) is 0 Å². The zero-order valence-corrected chi connectivity index (χ0v) is 14.5. The number of carbonyl (C=O) groups excluding carboxylic acids is 2. The molecule has 11 heteroatoms. The van der Waals surface area contributed by atoms with E-state index in [1.807, 2.05) is 0 Å². The molecule has 0 bridgehead atoms. The van der Waals surface area contributed by atoms with Crippen molar-refractivity contribution >= 4 is 21.8 Å². The molecule has 1 saturated heterocycles. The number of nitrogens with zero attached hydrogens (tertiary/aromatic N) is 1. The van der Waals surface area contributed by atoms with E-state index in [4.69, 9.17) is 0 Å². The predicted octanol–water partition coefficient (Wildman–Crippen LogP) is 0.518. The van der Waals surface area contributed by atoms with E-state index < -0.39 is 34.1 Å². The van der Waals surface area contributed by atoms with Crippen LogP contribution in [0, 0.1) is 0 Å². The molecule has 1 heterocycles. The Bertz CT molecular complexity index is 603. The third kappa shape index (κ3) is 5.56. The van der Waals surface area contributed by atoms with Crippen LogP contribution >= 0.6 is 0 Å². The molecule has 2 fully saturated rings. The molecule has 2 rings (SSSR count). The molecular formula is C14H22F3N3O4S. The first-order valence-electron chi connectivity index (χ1n) is 8.26. The fourth-order valence-corrected chi connectivity index (χ4v) is 4.46. The maximum Gasteiger partial charge on any atom is 0.471 e. The first kappa shape index (κ1) is 20.0. The minimum absolute atomic E-state index is 0.0876. The van der Waals surface area contributed by atoms with E-state index in [0.717, 1.165) is 25.7 Å². The predicted molar refractivity (Wildman–Crippen MR) is 83.0 cm³/mol. The molecule has 2 N–H and O–H groups in total. The highest BCUT2D eigenvalue weighted by Gasteiger charge is 2.47. The molecule has 1 aliphatic heterocycles. The Kier molecular flexibility index (Phi) is 6.30. The van der Waals surface area contributed by atoms with Gasteiger partial charge < -0.3 is 10.2 Å². The molecule has 0 aromatic carbocycles. The molecule has 0 spiro atoms. The standard InChI is InChI=1S/C14H22F3N3O4S/c15-14(16,17)13(22)20-8-3-6-11(20)12(21)18-7-9-25(23,24)19-10-4-1-2-5-10/h10-11,19H,1-9H2,(H,18,21). The summed E-state index contributed by atoms with van der Waals surface area (Å²) in [5, 5.41) is 2.32. The number of hydrogen-bond acceptors (Lipinski definition) is 4. The van der Waals surface area contributed by atoms with Gasteiger partial charge >= 0.3 is 12.1 Å². The maximum atomic E-state index is 12.5. The van der Waals surface area contributed by atoms with Gasteiger partial charge in [0.2, 0.25) is 15.9 Å². The van der Waals surface area contributed by atoms with E-state index in [-0.39, 0.29) is 31.3 Å². The molecular weight excluding hydrogens is 363 g/mol. The van der Waals surface area contributed by atoms with Gasteiger partial charge in [-0.15, -0.1) is 0 Å². The molecule has 1 atom stereocenters. The number of sulfonamides is 1. The molecule has 144 valence electrons. The second-order valence-electron chi connectivity index (χ2n) is 6.36. The van der Waals surface area contributed by atoms with Crippen molar-refractivity contribution in [3.8, 4) is 0 Å². The summed E-state index contributed by atoms with van der Waals surface area (Å²) in [6, 6.07) is -1.30. The van der Waals surface area contributed by atoms with Crippen LogP contribution in [0.4, 0.5) is 13.2 Å². The number of likely N-dealkylation sites (tertiary alicyclic amines) is 1. The van der Waals surface area contributed by atoms with Crippen LogP contribution in [0.3, 0.4) is 0 Å². The van der Waals surface area contributed by atoms with Crippen molar-refractivity contribution in [3.63, 3.8) is 0 Å². The molecule has 0 aromatic heterocycles. The molecule has 2 amide bonds. The second kappa shape index (κ2) is 7.90. The Balaban J connectivity index is 1.82. The molecule has 1 aliphatic carbocycles. The maximum absolute atomic E-state index is 12.5. The number of amides is 2. The topological polar surface area (TPSA) is 95.6 Å². The monoisotopic (exact) mass is 385 g/mol. The van der Waals surface area contributed by atoms with Crippen molar-refractivity contribution in [2.24, 2.45) is 0 Å². The van der Waals surface area contributed by atoms with E-state index in [1.54, 1.807) is 0 Å². The van der Waals surface area contributed by atoms with E-state index >= 15 is 0 Å². The Morgan fingerprint density at radius 1 is 1.08 bits per heavy atom. The van der Waals surface area contributed by atoms with E-state index in [2.05, 4.69) is 10.0 Å². The van der Waals surface area contributed by atoms with Gasteiger partial charge in [-0.3, -0.25) is 9.59 Å². The SMILES string of the molecule is O=C(NCCS(=O)(=O)NC1CCCC1)C1CCCN1C(=O)C(F)(F)F. The molecule has 1 saturated carbocycles. The fourth-order valence-electron chi connectivity index (χ4n) is 3.23. The Morgan fingerprint density at radius 3 is 2.32 bits per heavy atom. The number of carbonyl (C=O) groups is 2. The average Bonchev–Trinajstić information content (AvgIpc) is 3.15. The van der Waals surface area contributed by atoms with Gasteiger partial charge in [-0.25, -0.2) is 13.1 Å². The van der Waals surface area contributed by atoms with Crippen LogP contribution in [0.1, 0.15) is 38.5 Å². The van der Waals surface area contributed by atoms with Crippen LogP contribution in [-0.4, -0.2) is 62.2 Å². The van der Waals surface area contributed by atoms with Gasteiger partial charge in [0.25, 0.3) is 0 Å². The number of hydrogen-bond donors (Lipinski definition) is 2. The normalized spacial score (nSPS) is 22.4. The van der Waals surface area contributed by atoms with Crippen LogP contribution < -0.4 is 10.0 Å². The first-order chi connectivity index (χ1) is 11.6. The van der Waals surface area contributed by atoms with Gasteiger partial charge in [-0.05, 0) is 25.7 Å². The average molecular weight is 385 g/mol. The zero-order valence-electron chi connectivity index (χ0n) is 13.6. The Morgan fingerprint density at radius 2 is 1.72 bits per heavy atom. The van der Waals surface area contributed by atoms with Crippen LogP contribution in [0.15, 0.2) is 0 Å². The summed E-state index contributed by atoms with van der Waals surface area (Å²) in [7, 11) is -3.56. The molecule has 25 heavy (non-hydrogen) atoms. The van der Waals surface area contributed by atoms with Crippen LogP contribution in [0.25, 0.3) is 0 Å². The number of halogens is 3. The third-order valence-corrected chi connectivity index (χ3v) is 5.86. The number of alkyl halides is 3. The first-order valence-corrected chi connectivity index (χ1v) is 9.91. The lowest BCUT2D eigenvalue weighted by molar-refractivity contribution is -0.186. The Hall–Kier alpha value is -1.36.